The van der Waals surface area contributed by atoms with Crippen LogP contribution in [-0.2, 0) is 11.9 Å². The van der Waals surface area contributed by atoms with E-state index in [9.17, 15) is 13.2 Å². The quantitative estimate of drug-likeness (QED) is 0.232. The first-order valence-electron chi connectivity index (χ1n) is 10.8. The lowest BCUT2D eigenvalue weighted by molar-refractivity contribution is -0.137. The van der Waals surface area contributed by atoms with Crippen LogP contribution in [-0.4, -0.2) is 21.9 Å². The van der Waals surface area contributed by atoms with Crippen LogP contribution in [0.5, 0.6) is 5.75 Å². The molecule has 35 heavy (non-hydrogen) atoms. The summed E-state index contributed by atoms with van der Waals surface area (Å²) in [6.07, 6.45) is -4.46. The highest BCUT2D eigenvalue weighted by molar-refractivity contribution is 7.98. The number of halogens is 3. The van der Waals surface area contributed by atoms with Gasteiger partial charge in [-0.2, -0.15) is 13.2 Å². The van der Waals surface area contributed by atoms with Gasteiger partial charge in [-0.1, -0.05) is 60.3 Å². The van der Waals surface area contributed by atoms with Crippen LogP contribution in [0, 0.1) is 0 Å². The molecule has 1 heterocycles. The van der Waals surface area contributed by atoms with Gasteiger partial charge in [-0.25, -0.2) is 0 Å². The van der Waals surface area contributed by atoms with Crippen molar-refractivity contribution in [2.45, 2.75) is 17.1 Å². The van der Waals surface area contributed by atoms with Gasteiger partial charge in [0.1, 0.15) is 5.75 Å². The number of benzene rings is 4. The molecule has 4 nitrogen and oxygen atoms in total. The van der Waals surface area contributed by atoms with Gasteiger partial charge in [-0.3, -0.25) is 4.57 Å². The summed E-state index contributed by atoms with van der Waals surface area (Å²) in [5.41, 5.74) is 1.44. The van der Waals surface area contributed by atoms with Crippen LogP contribution in [0.3, 0.4) is 0 Å². The number of alkyl halides is 3. The molecule has 0 atom stereocenters. The summed E-state index contributed by atoms with van der Waals surface area (Å²) in [6, 6.07) is 26.6. The van der Waals surface area contributed by atoms with Crippen LogP contribution in [0.1, 0.15) is 11.1 Å². The molecule has 0 saturated heterocycles. The Hall–Kier alpha value is -3.78. The Morgan fingerprint density at radius 1 is 0.857 bits per heavy atom. The first-order valence-corrected chi connectivity index (χ1v) is 11.8. The van der Waals surface area contributed by atoms with Crippen LogP contribution >= 0.6 is 11.8 Å². The summed E-state index contributed by atoms with van der Waals surface area (Å²) in [5.74, 6) is 1.71. The average Bonchev–Trinajstić information content (AvgIpc) is 3.31. The molecule has 8 heteroatoms. The van der Waals surface area contributed by atoms with Crippen molar-refractivity contribution in [1.29, 1.82) is 0 Å². The van der Waals surface area contributed by atoms with E-state index in [1.165, 1.54) is 17.8 Å². The third-order valence-corrected chi connectivity index (χ3v) is 6.63. The minimum atomic E-state index is -4.46. The lowest BCUT2D eigenvalue weighted by Crippen LogP contribution is -2.07. The minimum absolute atomic E-state index is 0.344. The van der Waals surface area contributed by atoms with E-state index in [2.05, 4.69) is 28.4 Å². The van der Waals surface area contributed by atoms with Gasteiger partial charge in [0.15, 0.2) is 11.0 Å². The molecule has 176 valence electrons. The second-order valence-electron chi connectivity index (χ2n) is 7.85. The van der Waals surface area contributed by atoms with Crippen molar-refractivity contribution >= 4 is 22.5 Å². The topological polar surface area (TPSA) is 39.9 Å². The van der Waals surface area contributed by atoms with Gasteiger partial charge in [0.25, 0.3) is 0 Å². The number of thioether (sulfide) groups is 1. The van der Waals surface area contributed by atoms with Crippen LogP contribution in [0.4, 0.5) is 13.2 Å². The molecule has 4 aromatic carbocycles. The van der Waals surface area contributed by atoms with E-state index < -0.39 is 11.7 Å². The standard InChI is InChI=1S/C27H20F3N3OS/c1-34-23-14-12-19(13-15-23)25-31-32-26(33(25)22-10-5-9-21(16-22)27(28,29)30)35-17-20-8-4-7-18-6-2-3-11-24(18)20/h2-16H,17H2,1H3. The molecule has 0 aliphatic rings. The van der Waals surface area contributed by atoms with E-state index in [4.69, 9.17) is 4.74 Å². The minimum Gasteiger partial charge on any atom is -0.497 e. The van der Waals surface area contributed by atoms with Crippen molar-refractivity contribution < 1.29 is 17.9 Å². The van der Waals surface area contributed by atoms with Crippen molar-refractivity contribution in [3.63, 3.8) is 0 Å². The highest BCUT2D eigenvalue weighted by atomic mass is 32.2. The molecule has 5 rings (SSSR count). The Labute approximate surface area is 204 Å². The molecule has 0 amide bonds. The number of aromatic nitrogens is 3. The van der Waals surface area contributed by atoms with Crippen molar-refractivity contribution in [2.24, 2.45) is 0 Å². The highest BCUT2D eigenvalue weighted by Crippen LogP contribution is 2.35. The average molecular weight is 492 g/mol. The number of fused-ring (bicyclic) bond motifs is 1. The van der Waals surface area contributed by atoms with Crippen molar-refractivity contribution in [3.05, 3.63) is 102 Å². The SMILES string of the molecule is COc1ccc(-c2nnc(SCc3cccc4ccccc34)n2-c2cccc(C(F)(F)F)c2)cc1. The largest absolute Gasteiger partial charge is 0.497 e. The van der Waals surface area contributed by atoms with Gasteiger partial charge in [-0.05, 0) is 58.8 Å². The summed E-state index contributed by atoms with van der Waals surface area (Å²) < 4.78 is 47.3. The molecule has 0 unspecified atom stereocenters. The maximum atomic E-state index is 13.5. The van der Waals surface area contributed by atoms with E-state index in [0.717, 1.165) is 28.5 Å². The molecule has 0 N–H and O–H groups in total. The first-order chi connectivity index (χ1) is 16.9. The Morgan fingerprint density at radius 3 is 2.37 bits per heavy atom. The summed E-state index contributed by atoms with van der Waals surface area (Å²) in [4.78, 5) is 0. The summed E-state index contributed by atoms with van der Waals surface area (Å²) in [7, 11) is 1.57. The Balaban J connectivity index is 1.58. The molecule has 0 saturated carbocycles. The maximum absolute atomic E-state index is 13.5. The molecule has 0 radical (unpaired) electrons. The third kappa shape index (κ3) is 4.74. The Morgan fingerprint density at radius 2 is 1.60 bits per heavy atom. The molecule has 0 fully saturated rings. The lowest BCUT2D eigenvalue weighted by atomic mass is 10.1. The molecule has 0 spiro atoms. The number of methoxy groups -OCH3 is 1. The Bertz CT molecular complexity index is 1470. The zero-order chi connectivity index (χ0) is 24.4. The summed E-state index contributed by atoms with van der Waals surface area (Å²) >= 11 is 1.43. The number of hydrogen-bond donors (Lipinski definition) is 0. The number of nitrogens with zero attached hydrogens (tertiary/aromatic N) is 3. The zero-order valence-electron chi connectivity index (χ0n) is 18.7. The number of ether oxygens (including phenoxy) is 1. The number of hydrogen-bond acceptors (Lipinski definition) is 4. The van der Waals surface area contributed by atoms with Gasteiger partial charge in [-0.15, -0.1) is 10.2 Å². The zero-order valence-corrected chi connectivity index (χ0v) is 19.5. The summed E-state index contributed by atoms with van der Waals surface area (Å²) in [6.45, 7) is 0. The van der Waals surface area contributed by atoms with Gasteiger partial charge in [0.2, 0.25) is 0 Å². The van der Waals surface area contributed by atoms with Crippen molar-refractivity contribution in [1.82, 2.24) is 14.8 Å². The van der Waals surface area contributed by atoms with Gasteiger partial charge in [0, 0.05) is 11.3 Å². The number of rotatable bonds is 6. The van der Waals surface area contributed by atoms with E-state index in [-0.39, 0.29) is 0 Å². The first kappa shape index (κ1) is 23.0. The van der Waals surface area contributed by atoms with Crippen LogP contribution in [0.15, 0.2) is 96.2 Å². The Kier molecular flexibility index (Phi) is 6.21. The van der Waals surface area contributed by atoms with Crippen molar-refractivity contribution in [3.8, 4) is 22.8 Å². The normalized spacial score (nSPS) is 11.7. The fourth-order valence-corrected chi connectivity index (χ4v) is 4.86. The fourth-order valence-electron chi connectivity index (χ4n) is 3.91. The fraction of sp³-hybridized carbons (Fsp3) is 0.111. The van der Waals surface area contributed by atoms with Crippen LogP contribution < -0.4 is 4.74 Å². The van der Waals surface area contributed by atoms with E-state index in [1.807, 2.05) is 36.4 Å². The molecule has 0 aliphatic carbocycles. The molecular formula is C27H20F3N3OS. The molecule has 0 bridgehead atoms. The molecular weight excluding hydrogens is 471 g/mol. The predicted molar refractivity (Wildman–Crippen MR) is 132 cm³/mol. The monoisotopic (exact) mass is 491 g/mol. The van der Waals surface area contributed by atoms with Gasteiger partial charge < -0.3 is 4.74 Å². The highest BCUT2D eigenvalue weighted by Gasteiger charge is 2.31. The summed E-state index contributed by atoms with van der Waals surface area (Å²) in [5, 5.41) is 11.5. The second kappa shape index (κ2) is 9.46. The predicted octanol–water partition coefficient (Wildman–Crippen LogP) is 7.41. The maximum Gasteiger partial charge on any atom is 0.416 e. The molecule has 1 aromatic heterocycles. The van der Waals surface area contributed by atoms with Gasteiger partial charge in [0.05, 0.1) is 18.4 Å². The third-order valence-electron chi connectivity index (χ3n) is 5.65. The molecule has 0 aliphatic heterocycles. The second-order valence-corrected chi connectivity index (χ2v) is 8.79. The van der Waals surface area contributed by atoms with E-state index in [0.29, 0.717) is 33.7 Å². The smallest absolute Gasteiger partial charge is 0.416 e. The lowest BCUT2D eigenvalue weighted by Gasteiger charge is -2.14. The van der Waals surface area contributed by atoms with E-state index in [1.54, 1.807) is 29.9 Å². The van der Waals surface area contributed by atoms with Gasteiger partial charge >= 0.3 is 6.18 Å². The van der Waals surface area contributed by atoms with Crippen LogP contribution in [0.25, 0.3) is 27.8 Å². The van der Waals surface area contributed by atoms with Crippen molar-refractivity contribution in [2.75, 3.05) is 7.11 Å². The molecule has 5 aromatic rings. The van der Waals surface area contributed by atoms with Crippen LogP contribution in [0.2, 0.25) is 0 Å². The van der Waals surface area contributed by atoms with E-state index >= 15 is 0 Å².